The van der Waals surface area contributed by atoms with Crippen molar-refractivity contribution in [2.24, 2.45) is 0 Å². The molecule has 0 saturated carbocycles. The summed E-state index contributed by atoms with van der Waals surface area (Å²) >= 11 is 3.83. The number of nitrogens with zero attached hydrogens (tertiary/aromatic N) is 1. The van der Waals surface area contributed by atoms with E-state index in [1.54, 1.807) is 37.3 Å². The molecule has 2 atom stereocenters. The Morgan fingerprint density at radius 3 is 2.48 bits per heavy atom. The highest BCUT2D eigenvalue weighted by molar-refractivity contribution is 7.99. The Kier molecular flexibility index (Phi) is 4.22. The quantitative estimate of drug-likeness (QED) is 0.811. The van der Waals surface area contributed by atoms with Crippen LogP contribution in [0.15, 0.2) is 47.4 Å². The maximum absolute atomic E-state index is 12.8. The van der Waals surface area contributed by atoms with E-state index in [1.807, 2.05) is 6.92 Å². The molecule has 1 aliphatic heterocycles. The molecule has 0 radical (unpaired) electrons. The zero-order valence-corrected chi connectivity index (χ0v) is 14.8. The van der Waals surface area contributed by atoms with Gasteiger partial charge < -0.3 is 4.18 Å². The predicted molar refractivity (Wildman–Crippen MR) is 88.8 cm³/mol. The predicted octanol–water partition coefficient (Wildman–Crippen LogP) is 3.37. The molecule has 0 saturated heterocycles. The fraction of sp³-hybridized carbons (Fsp3) is 0.200. The maximum atomic E-state index is 12.8. The van der Waals surface area contributed by atoms with Gasteiger partial charge in [-0.1, -0.05) is 33.0 Å². The molecule has 0 aromatic heterocycles. The second kappa shape index (κ2) is 5.90. The van der Waals surface area contributed by atoms with Gasteiger partial charge in [-0.15, -0.1) is 0 Å². The lowest BCUT2D eigenvalue weighted by Crippen LogP contribution is -2.40. The summed E-state index contributed by atoms with van der Waals surface area (Å²) in [6, 6.07) is 10.5. The first-order valence-corrected chi connectivity index (χ1v) is 9.66. The highest BCUT2D eigenvalue weighted by Gasteiger charge is 2.41. The van der Waals surface area contributed by atoms with Crippen LogP contribution in [0.5, 0.6) is 5.75 Å². The minimum absolute atomic E-state index is 0.0670. The van der Waals surface area contributed by atoms with Gasteiger partial charge >= 0.3 is 11.3 Å². The van der Waals surface area contributed by atoms with Crippen LogP contribution in [0, 0.1) is 6.92 Å². The topological polar surface area (TPSA) is 63.7 Å². The van der Waals surface area contributed by atoms with Crippen molar-refractivity contribution < 1.29 is 16.8 Å². The summed E-state index contributed by atoms with van der Waals surface area (Å²) < 4.78 is 44.1. The first-order chi connectivity index (χ1) is 10.8. The lowest BCUT2D eigenvalue weighted by Gasteiger charge is -2.31. The minimum Gasteiger partial charge on any atom is -0.388 e. The van der Waals surface area contributed by atoms with Gasteiger partial charge in [0.15, 0.2) is 0 Å². The summed E-state index contributed by atoms with van der Waals surface area (Å²) in [6.07, 6.45) is 0. The van der Waals surface area contributed by atoms with E-state index >= 15 is 0 Å². The van der Waals surface area contributed by atoms with E-state index in [9.17, 15) is 12.6 Å². The molecule has 8 heteroatoms. The maximum Gasteiger partial charge on any atom is 0.305 e. The summed E-state index contributed by atoms with van der Waals surface area (Å²) in [6.45, 7) is 3.51. The van der Waals surface area contributed by atoms with E-state index in [2.05, 4.69) is 0 Å². The van der Waals surface area contributed by atoms with Crippen molar-refractivity contribution in [3.63, 3.8) is 0 Å². The smallest absolute Gasteiger partial charge is 0.305 e. The lowest BCUT2D eigenvalue weighted by molar-refractivity contribution is 0.403. The number of benzene rings is 2. The lowest BCUT2D eigenvalue weighted by atomic mass is 10.1. The van der Waals surface area contributed by atoms with Crippen LogP contribution < -0.4 is 4.18 Å². The molecule has 3 rings (SSSR count). The van der Waals surface area contributed by atoms with Gasteiger partial charge in [0.2, 0.25) is 0 Å². The summed E-state index contributed by atoms with van der Waals surface area (Å²) in [5.41, 5.74) is 1.51. The Labute approximate surface area is 142 Å². The van der Waals surface area contributed by atoms with Crippen molar-refractivity contribution in [2.75, 3.05) is 0 Å². The number of aryl methyl sites for hydroxylation is 1. The fourth-order valence-electron chi connectivity index (χ4n) is 2.38. The molecule has 0 unspecified atom stereocenters. The van der Waals surface area contributed by atoms with E-state index in [0.29, 0.717) is 16.3 Å². The highest BCUT2D eigenvalue weighted by Crippen LogP contribution is 2.40. The molecule has 0 N–H and O–H groups in total. The largest absolute Gasteiger partial charge is 0.388 e. The van der Waals surface area contributed by atoms with Crippen molar-refractivity contribution >= 4 is 32.9 Å². The van der Waals surface area contributed by atoms with Gasteiger partial charge in [0.1, 0.15) is 5.75 Å². The van der Waals surface area contributed by atoms with Crippen LogP contribution >= 0.6 is 11.6 Å². The summed E-state index contributed by atoms with van der Waals surface area (Å²) in [4.78, 5) is 0.0670. The molecule has 0 amide bonds. The molecule has 1 heterocycles. The van der Waals surface area contributed by atoms with Crippen LogP contribution in [0.2, 0.25) is 5.02 Å². The first kappa shape index (κ1) is 16.4. The van der Waals surface area contributed by atoms with Crippen molar-refractivity contribution in [3.8, 4) is 5.75 Å². The molecule has 0 spiro atoms. The average Bonchev–Trinajstić information content (AvgIpc) is 2.48. The number of fused-ring (bicyclic) bond motifs is 1. The van der Waals surface area contributed by atoms with Crippen molar-refractivity contribution in [3.05, 3.63) is 58.6 Å². The van der Waals surface area contributed by atoms with Crippen LogP contribution in [-0.4, -0.2) is 16.3 Å². The Balaban J connectivity index is 2.09. The van der Waals surface area contributed by atoms with Gasteiger partial charge in [-0.3, -0.25) is 0 Å². The van der Waals surface area contributed by atoms with Gasteiger partial charge in [0, 0.05) is 10.6 Å². The Hall–Kier alpha value is -1.41. The molecule has 0 fully saturated rings. The van der Waals surface area contributed by atoms with E-state index in [0.717, 1.165) is 9.27 Å². The Morgan fingerprint density at radius 1 is 1.17 bits per heavy atom. The zero-order valence-electron chi connectivity index (χ0n) is 12.4. The number of hydrogen-bond acceptors (Lipinski definition) is 4. The molecule has 0 bridgehead atoms. The zero-order chi connectivity index (χ0) is 16.8. The number of rotatable bonds is 2. The second-order valence-electron chi connectivity index (χ2n) is 5.23. The van der Waals surface area contributed by atoms with E-state index in [1.165, 1.54) is 12.1 Å². The Bertz CT molecular complexity index is 881. The van der Waals surface area contributed by atoms with Gasteiger partial charge in [0.25, 0.3) is 10.0 Å². The summed E-state index contributed by atoms with van der Waals surface area (Å²) in [5.74, 6) is 0.371. The van der Waals surface area contributed by atoms with E-state index in [4.69, 9.17) is 15.8 Å². The molecule has 1 aliphatic rings. The van der Waals surface area contributed by atoms with Crippen LogP contribution in [0.25, 0.3) is 0 Å². The van der Waals surface area contributed by atoms with Gasteiger partial charge in [0.05, 0.1) is 10.9 Å². The SMILES string of the molecule is Cc1ccc(S(=O)(=O)N2[C@H](C)c3cc(Cl)ccc3O[S@@]2=O)cc1. The van der Waals surface area contributed by atoms with Crippen molar-refractivity contribution in [2.45, 2.75) is 24.8 Å². The average molecular weight is 372 g/mol. The normalized spacial score (nSPS) is 21.5. The number of halogens is 1. The molecular formula is C15H14ClNO4S2. The molecule has 5 nitrogen and oxygen atoms in total. The molecule has 2 aromatic carbocycles. The van der Waals surface area contributed by atoms with Gasteiger partial charge in [-0.05, 0) is 44.2 Å². The number of hydrogen-bond donors (Lipinski definition) is 0. The summed E-state index contributed by atoms with van der Waals surface area (Å²) in [5, 5.41) is 0.458. The Morgan fingerprint density at radius 2 is 1.83 bits per heavy atom. The van der Waals surface area contributed by atoms with E-state index in [-0.39, 0.29) is 4.90 Å². The first-order valence-electron chi connectivity index (χ1n) is 6.81. The van der Waals surface area contributed by atoms with Crippen molar-refractivity contribution in [1.82, 2.24) is 3.71 Å². The van der Waals surface area contributed by atoms with E-state index < -0.39 is 27.3 Å². The fourth-order valence-corrected chi connectivity index (χ4v) is 5.52. The molecule has 122 valence electrons. The van der Waals surface area contributed by atoms with Crippen LogP contribution in [-0.2, 0) is 21.3 Å². The molecular weight excluding hydrogens is 358 g/mol. The van der Waals surface area contributed by atoms with Gasteiger partial charge in [-0.2, -0.15) is 4.21 Å². The second-order valence-corrected chi connectivity index (χ2v) is 8.71. The number of sulfonamides is 1. The van der Waals surface area contributed by atoms with Crippen molar-refractivity contribution in [1.29, 1.82) is 0 Å². The minimum atomic E-state index is -3.97. The van der Waals surface area contributed by atoms with Crippen LogP contribution in [0.4, 0.5) is 0 Å². The highest BCUT2D eigenvalue weighted by atomic mass is 35.5. The third-order valence-corrected chi connectivity index (χ3v) is 7.38. The van der Waals surface area contributed by atoms with Gasteiger partial charge in [-0.25, -0.2) is 8.42 Å². The molecule has 23 heavy (non-hydrogen) atoms. The molecule has 0 aliphatic carbocycles. The molecule has 2 aromatic rings. The standard InChI is InChI=1S/C15H14ClNO4S2/c1-10-3-6-13(7-4-10)23(19,20)17-11(2)14-9-12(16)5-8-15(14)21-22(17)18/h3-9,11H,1-2H3/t11-,22+/m1/s1. The summed E-state index contributed by atoms with van der Waals surface area (Å²) in [7, 11) is -3.97. The van der Waals surface area contributed by atoms with Crippen LogP contribution in [0.1, 0.15) is 24.1 Å². The monoisotopic (exact) mass is 371 g/mol. The third-order valence-electron chi connectivity index (χ3n) is 3.60. The van der Waals surface area contributed by atoms with Crippen LogP contribution in [0.3, 0.4) is 0 Å². The third kappa shape index (κ3) is 2.89.